The standard InChI is InChI=1S/C24H25N3O3/c25-22-13-14-27(24(28)26-22)21-12-11-20(17-29-15-18-7-3-1-4-8-18)23(21)30-16-19-9-5-2-6-10-19/h1-14,20-21,23H,15-17H2,(H2,25,26,28)/t20-,21-,23-/m0/s1. The molecule has 0 aliphatic heterocycles. The zero-order valence-electron chi connectivity index (χ0n) is 16.6. The van der Waals surface area contributed by atoms with Gasteiger partial charge in [-0.1, -0.05) is 72.8 Å². The summed E-state index contributed by atoms with van der Waals surface area (Å²) in [7, 11) is 0. The topological polar surface area (TPSA) is 79.4 Å². The van der Waals surface area contributed by atoms with Crippen molar-refractivity contribution in [2.75, 3.05) is 12.3 Å². The largest absolute Gasteiger partial charge is 0.383 e. The first-order valence-corrected chi connectivity index (χ1v) is 10.0. The highest BCUT2D eigenvalue weighted by atomic mass is 16.5. The van der Waals surface area contributed by atoms with Crippen molar-refractivity contribution in [1.82, 2.24) is 9.55 Å². The van der Waals surface area contributed by atoms with Crippen LogP contribution in [-0.4, -0.2) is 22.3 Å². The molecule has 6 heteroatoms. The van der Waals surface area contributed by atoms with Crippen LogP contribution in [0.15, 0.2) is 89.9 Å². The van der Waals surface area contributed by atoms with Crippen LogP contribution in [0, 0.1) is 5.92 Å². The average molecular weight is 403 g/mol. The van der Waals surface area contributed by atoms with E-state index in [9.17, 15) is 4.79 Å². The summed E-state index contributed by atoms with van der Waals surface area (Å²) in [5.74, 6) is 0.231. The Bertz CT molecular complexity index is 1030. The molecular formula is C24H25N3O3. The van der Waals surface area contributed by atoms with Gasteiger partial charge in [0.05, 0.1) is 32.0 Å². The highest BCUT2D eigenvalue weighted by Crippen LogP contribution is 2.31. The lowest BCUT2D eigenvalue weighted by atomic mass is 10.0. The summed E-state index contributed by atoms with van der Waals surface area (Å²) < 4.78 is 13.8. The lowest BCUT2D eigenvalue weighted by Crippen LogP contribution is -2.36. The molecule has 0 unspecified atom stereocenters. The quantitative estimate of drug-likeness (QED) is 0.584. The molecule has 2 aromatic carbocycles. The van der Waals surface area contributed by atoms with Gasteiger partial charge in [0.1, 0.15) is 5.82 Å². The van der Waals surface area contributed by atoms with E-state index in [1.807, 2.05) is 66.7 Å². The molecule has 154 valence electrons. The first-order chi connectivity index (χ1) is 14.7. The van der Waals surface area contributed by atoms with Crippen molar-refractivity contribution >= 4 is 5.82 Å². The van der Waals surface area contributed by atoms with E-state index in [2.05, 4.69) is 11.1 Å². The van der Waals surface area contributed by atoms with Crippen LogP contribution >= 0.6 is 0 Å². The minimum absolute atomic E-state index is 0.0203. The third-order valence-electron chi connectivity index (χ3n) is 5.19. The molecule has 4 rings (SSSR count). The minimum Gasteiger partial charge on any atom is -0.383 e. The maximum atomic E-state index is 12.4. The Labute approximate surface area is 175 Å². The molecule has 2 N–H and O–H groups in total. The normalized spacial score (nSPS) is 20.5. The number of anilines is 1. The predicted molar refractivity (Wildman–Crippen MR) is 116 cm³/mol. The van der Waals surface area contributed by atoms with E-state index < -0.39 is 0 Å². The molecule has 0 radical (unpaired) electrons. The molecule has 1 aliphatic carbocycles. The number of hydrogen-bond donors (Lipinski definition) is 1. The van der Waals surface area contributed by atoms with Crippen LogP contribution in [0.2, 0.25) is 0 Å². The van der Waals surface area contributed by atoms with Crippen LogP contribution in [0.4, 0.5) is 5.82 Å². The van der Waals surface area contributed by atoms with Gasteiger partial charge >= 0.3 is 5.69 Å². The van der Waals surface area contributed by atoms with E-state index in [1.54, 1.807) is 16.8 Å². The third kappa shape index (κ3) is 4.84. The molecule has 30 heavy (non-hydrogen) atoms. The van der Waals surface area contributed by atoms with Gasteiger partial charge in [-0.25, -0.2) is 4.79 Å². The molecule has 1 heterocycles. The first kappa shape index (κ1) is 20.1. The van der Waals surface area contributed by atoms with Gasteiger partial charge in [0.15, 0.2) is 0 Å². The fourth-order valence-electron chi connectivity index (χ4n) is 3.66. The van der Waals surface area contributed by atoms with Crippen LogP contribution in [0.25, 0.3) is 0 Å². The van der Waals surface area contributed by atoms with Crippen LogP contribution < -0.4 is 11.4 Å². The molecule has 0 saturated carbocycles. The number of ether oxygens (including phenoxy) is 2. The lowest BCUT2D eigenvalue weighted by Gasteiger charge is -2.27. The smallest absolute Gasteiger partial charge is 0.350 e. The van der Waals surface area contributed by atoms with Gasteiger partial charge < -0.3 is 15.2 Å². The fraction of sp³-hybridized carbons (Fsp3) is 0.250. The van der Waals surface area contributed by atoms with E-state index >= 15 is 0 Å². The number of aromatic nitrogens is 2. The monoisotopic (exact) mass is 403 g/mol. The van der Waals surface area contributed by atoms with Crippen LogP contribution in [0.1, 0.15) is 17.2 Å². The molecule has 3 aromatic rings. The SMILES string of the molecule is Nc1ccn([C@H]2C=C[C@@H](COCc3ccccc3)[C@@H]2OCc2ccccc2)c(=O)n1. The zero-order chi connectivity index (χ0) is 20.8. The number of nitrogen functional groups attached to an aromatic ring is 1. The second-order valence-electron chi connectivity index (χ2n) is 7.34. The Hall–Kier alpha value is -3.22. The van der Waals surface area contributed by atoms with Gasteiger partial charge in [-0.15, -0.1) is 0 Å². The number of nitrogens with two attached hydrogens (primary N) is 1. The number of benzene rings is 2. The first-order valence-electron chi connectivity index (χ1n) is 10.0. The molecule has 0 saturated heterocycles. The number of nitrogens with zero attached hydrogens (tertiary/aromatic N) is 2. The maximum Gasteiger partial charge on any atom is 0.350 e. The van der Waals surface area contributed by atoms with Crippen molar-refractivity contribution in [3.63, 3.8) is 0 Å². The summed E-state index contributed by atoms with van der Waals surface area (Å²) in [6.45, 7) is 1.49. The zero-order valence-corrected chi connectivity index (χ0v) is 16.6. The van der Waals surface area contributed by atoms with E-state index in [0.29, 0.717) is 19.8 Å². The van der Waals surface area contributed by atoms with Crippen molar-refractivity contribution in [3.8, 4) is 0 Å². The number of rotatable bonds is 8. The van der Waals surface area contributed by atoms with Crippen molar-refractivity contribution in [3.05, 3.63) is 107 Å². The molecular weight excluding hydrogens is 378 g/mol. The fourth-order valence-corrected chi connectivity index (χ4v) is 3.66. The summed E-state index contributed by atoms with van der Waals surface area (Å²) in [6, 6.07) is 21.4. The molecule has 0 spiro atoms. The molecule has 0 bridgehead atoms. The molecule has 3 atom stereocenters. The van der Waals surface area contributed by atoms with Crippen molar-refractivity contribution < 1.29 is 9.47 Å². The van der Waals surface area contributed by atoms with Crippen LogP contribution in [0.3, 0.4) is 0 Å². The maximum absolute atomic E-state index is 12.4. The van der Waals surface area contributed by atoms with Crippen LogP contribution in [-0.2, 0) is 22.7 Å². The number of hydrogen-bond acceptors (Lipinski definition) is 5. The summed E-state index contributed by atoms with van der Waals surface area (Å²) >= 11 is 0. The van der Waals surface area contributed by atoms with Gasteiger partial charge in [-0.05, 0) is 17.2 Å². The van der Waals surface area contributed by atoms with Gasteiger partial charge in [0.25, 0.3) is 0 Å². The lowest BCUT2D eigenvalue weighted by molar-refractivity contribution is -0.0295. The van der Waals surface area contributed by atoms with Gasteiger partial charge in [-0.2, -0.15) is 4.98 Å². The second kappa shape index (κ2) is 9.52. The molecule has 1 aromatic heterocycles. The Morgan fingerprint density at radius 2 is 1.57 bits per heavy atom. The van der Waals surface area contributed by atoms with E-state index in [1.165, 1.54) is 0 Å². The van der Waals surface area contributed by atoms with Crippen molar-refractivity contribution in [2.24, 2.45) is 5.92 Å². The Balaban J connectivity index is 1.48. The summed E-state index contributed by atoms with van der Waals surface area (Å²) in [5, 5.41) is 0. The molecule has 0 fully saturated rings. The molecule has 6 nitrogen and oxygen atoms in total. The highest BCUT2D eigenvalue weighted by molar-refractivity contribution is 5.25. The second-order valence-corrected chi connectivity index (χ2v) is 7.34. The third-order valence-corrected chi connectivity index (χ3v) is 5.19. The Morgan fingerprint density at radius 3 is 2.23 bits per heavy atom. The molecule has 0 amide bonds. The summed E-state index contributed by atoms with van der Waals surface area (Å²) in [6.07, 6.45) is 5.48. The minimum atomic E-state index is -0.385. The predicted octanol–water partition coefficient (Wildman–Crippen LogP) is 3.35. The van der Waals surface area contributed by atoms with E-state index in [-0.39, 0.29) is 29.6 Å². The van der Waals surface area contributed by atoms with E-state index in [4.69, 9.17) is 15.2 Å². The highest BCUT2D eigenvalue weighted by Gasteiger charge is 2.34. The summed E-state index contributed by atoms with van der Waals surface area (Å²) in [5.41, 5.74) is 7.47. The van der Waals surface area contributed by atoms with Gasteiger partial charge in [-0.3, -0.25) is 4.57 Å². The van der Waals surface area contributed by atoms with Gasteiger partial charge in [0.2, 0.25) is 0 Å². The summed E-state index contributed by atoms with van der Waals surface area (Å²) in [4.78, 5) is 16.3. The van der Waals surface area contributed by atoms with Crippen molar-refractivity contribution in [2.45, 2.75) is 25.4 Å². The Kier molecular flexibility index (Phi) is 6.37. The average Bonchev–Trinajstić information content (AvgIpc) is 3.16. The van der Waals surface area contributed by atoms with Crippen LogP contribution in [0.5, 0.6) is 0 Å². The molecule has 1 aliphatic rings. The van der Waals surface area contributed by atoms with Gasteiger partial charge in [0, 0.05) is 12.1 Å². The Morgan fingerprint density at radius 1 is 0.900 bits per heavy atom. The van der Waals surface area contributed by atoms with E-state index in [0.717, 1.165) is 11.1 Å². The van der Waals surface area contributed by atoms with Crippen molar-refractivity contribution in [1.29, 1.82) is 0 Å².